The molecular weight excluding hydrogens is 284 g/mol. The van der Waals surface area contributed by atoms with E-state index in [-0.39, 0.29) is 11.4 Å². The Bertz CT molecular complexity index is 824. The van der Waals surface area contributed by atoms with E-state index in [2.05, 4.69) is 31.4 Å². The number of benzene rings is 1. The van der Waals surface area contributed by atoms with Crippen molar-refractivity contribution in [1.82, 2.24) is 9.38 Å². The van der Waals surface area contributed by atoms with Gasteiger partial charge in [0.05, 0.1) is 28.1 Å². The Labute approximate surface area is 127 Å². The SMILES string of the molecule is CCOC(=O)c1ccc2c(c1)sc1nc(C(C)(C)C)cn12. The number of hydrogen-bond acceptors (Lipinski definition) is 4. The molecule has 3 rings (SSSR count). The number of hydrogen-bond donors (Lipinski definition) is 0. The van der Waals surface area contributed by atoms with Crippen molar-refractivity contribution in [3.63, 3.8) is 0 Å². The molecule has 0 saturated heterocycles. The van der Waals surface area contributed by atoms with Crippen LogP contribution >= 0.6 is 11.3 Å². The number of ether oxygens (including phenoxy) is 1. The number of thiazole rings is 1. The summed E-state index contributed by atoms with van der Waals surface area (Å²) in [6.45, 7) is 8.66. The van der Waals surface area contributed by atoms with Crippen molar-refractivity contribution in [2.45, 2.75) is 33.1 Å². The molecule has 4 nitrogen and oxygen atoms in total. The molecule has 0 aliphatic rings. The molecule has 0 aliphatic carbocycles. The second-order valence-corrected chi connectivity index (χ2v) is 7.04. The van der Waals surface area contributed by atoms with Crippen LogP contribution in [0.5, 0.6) is 0 Å². The van der Waals surface area contributed by atoms with E-state index in [9.17, 15) is 4.79 Å². The molecule has 0 saturated carbocycles. The molecule has 0 amide bonds. The molecule has 0 spiro atoms. The molecule has 5 heteroatoms. The minimum absolute atomic E-state index is 0.0307. The zero-order valence-electron chi connectivity index (χ0n) is 12.6. The summed E-state index contributed by atoms with van der Waals surface area (Å²) in [6, 6.07) is 5.64. The normalized spacial score (nSPS) is 12.2. The molecule has 0 N–H and O–H groups in total. The molecule has 3 aromatic rings. The van der Waals surface area contributed by atoms with Gasteiger partial charge in [0.2, 0.25) is 0 Å². The summed E-state index contributed by atoms with van der Waals surface area (Å²) in [5.74, 6) is -0.277. The van der Waals surface area contributed by atoms with E-state index < -0.39 is 0 Å². The van der Waals surface area contributed by atoms with Crippen LogP contribution in [0.3, 0.4) is 0 Å². The van der Waals surface area contributed by atoms with Crippen molar-refractivity contribution >= 4 is 32.5 Å². The molecule has 2 aromatic heterocycles. The molecule has 110 valence electrons. The Balaban J connectivity index is 2.11. The van der Waals surface area contributed by atoms with Gasteiger partial charge in [0, 0.05) is 11.6 Å². The average molecular weight is 302 g/mol. The third-order valence-electron chi connectivity index (χ3n) is 3.37. The van der Waals surface area contributed by atoms with Crippen molar-refractivity contribution in [3.05, 3.63) is 35.7 Å². The number of carbonyl (C=O) groups is 1. The van der Waals surface area contributed by atoms with Gasteiger partial charge in [0.1, 0.15) is 0 Å². The maximum Gasteiger partial charge on any atom is 0.338 e. The highest BCUT2D eigenvalue weighted by molar-refractivity contribution is 7.23. The van der Waals surface area contributed by atoms with Crippen LogP contribution in [0.15, 0.2) is 24.4 Å². The zero-order chi connectivity index (χ0) is 15.2. The maximum absolute atomic E-state index is 11.8. The largest absolute Gasteiger partial charge is 0.462 e. The van der Waals surface area contributed by atoms with E-state index in [4.69, 9.17) is 9.72 Å². The predicted molar refractivity (Wildman–Crippen MR) is 85.2 cm³/mol. The lowest BCUT2D eigenvalue weighted by Crippen LogP contribution is -2.11. The van der Waals surface area contributed by atoms with E-state index in [0.717, 1.165) is 20.9 Å². The topological polar surface area (TPSA) is 43.6 Å². The van der Waals surface area contributed by atoms with Crippen LogP contribution in [0.25, 0.3) is 15.2 Å². The Hall–Kier alpha value is -1.88. The number of imidazole rings is 1. The van der Waals surface area contributed by atoms with Crippen molar-refractivity contribution in [3.8, 4) is 0 Å². The van der Waals surface area contributed by atoms with Crippen molar-refractivity contribution in [2.24, 2.45) is 0 Å². The van der Waals surface area contributed by atoms with Crippen LogP contribution in [-0.4, -0.2) is 22.0 Å². The summed E-state index contributed by atoms with van der Waals surface area (Å²) in [7, 11) is 0. The van der Waals surface area contributed by atoms with Gasteiger partial charge in [-0.25, -0.2) is 9.78 Å². The monoisotopic (exact) mass is 302 g/mol. The summed E-state index contributed by atoms with van der Waals surface area (Å²) >= 11 is 1.59. The van der Waals surface area contributed by atoms with Crippen LogP contribution in [0.2, 0.25) is 0 Å². The van der Waals surface area contributed by atoms with Crippen LogP contribution < -0.4 is 0 Å². The van der Waals surface area contributed by atoms with Gasteiger partial charge in [-0.3, -0.25) is 4.40 Å². The Morgan fingerprint density at radius 3 is 2.81 bits per heavy atom. The summed E-state index contributed by atoms with van der Waals surface area (Å²) in [4.78, 5) is 17.4. The molecule has 2 heterocycles. The smallest absolute Gasteiger partial charge is 0.338 e. The van der Waals surface area contributed by atoms with Gasteiger partial charge >= 0.3 is 5.97 Å². The molecular formula is C16H18N2O2S. The fraction of sp³-hybridized carbons (Fsp3) is 0.375. The summed E-state index contributed by atoms with van der Waals surface area (Å²) in [6.07, 6.45) is 2.08. The summed E-state index contributed by atoms with van der Waals surface area (Å²) < 4.78 is 8.18. The first-order valence-electron chi connectivity index (χ1n) is 6.99. The first-order chi connectivity index (χ1) is 9.90. The Kier molecular flexibility index (Phi) is 3.24. The number of rotatable bonds is 2. The molecule has 0 atom stereocenters. The lowest BCUT2D eigenvalue weighted by molar-refractivity contribution is 0.0526. The Morgan fingerprint density at radius 2 is 2.14 bits per heavy atom. The molecule has 1 aromatic carbocycles. The maximum atomic E-state index is 11.8. The quantitative estimate of drug-likeness (QED) is 0.671. The second kappa shape index (κ2) is 4.84. The molecule has 0 unspecified atom stereocenters. The lowest BCUT2D eigenvalue weighted by atomic mass is 9.93. The third-order valence-corrected chi connectivity index (χ3v) is 4.39. The third kappa shape index (κ3) is 2.42. The second-order valence-electron chi connectivity index (χ2n) is 6.03. The molecule has 0 radical (unpaired) electrons. The highest BCUT2D eigenvalue weighted by atomic mass is 32.1. The number of fused-ring (bicyclic) bond motifs is 3. The minimum atomic E-state index is -0.277. The highest BCUT2D eigenvalue weighted by Crippen LogP contribution is 2.30. The number of esters is 1. The van der Waals surface area contributed by atoms with E-state index >= 15 is 0 Å². The van der Waals surface area contributed by atoms with Crippen molar-refractivity contribution in [2.75, 3.05) is 6.61 Å². The van der Waals surface area contributed by atoms with Gasteiger partial charge in [-0.1, -0.05) is 32.1 Å². The molecule has 0 aliphatic heterocycles. The Morgan fingerprint density at radius 1 is 1.38 bits per heavy atom. The van der Waals surface area contributed by atoms with Gasteiger partial charge in [0.25, 0.3) is 0 Å². The summed E-state index contributed by atoms with van der Waals surface area (Å²) in [5.41, 5.74) is 2.77. The number of carbonyl (C=O) groups excluding carboxylic acids is 1. The fourth-order valence-electron chi connectivity index (χ4n) is 2.20. The zero-order valence-corrected chi connectivity index (χ0v) is 13.5. The summed E-state index contributed by atoms with van der Waals surface area (Å²) in [5, 5.41) is 0. The van der Waals surface area contributed by atoms with E-state index in [0.29, 0.717) is 12.2 Å². The lowest BCUT2D eigenvalue weighted by Gasteiger charge is -2.13. The minimum Gasteiger partial charge on any atom is -0.462 e. The van der Waals surface area contributed by atoms with E-state index in [1.54, 1.807) is 11.3 Å². The van der Waals surface area contributed by atoms with E-state index in [1.807, 2.05) is 25.1 Å². The first-order valence-corrected chi connectivity index (χ1v) is 7.81. The number of aromatic nitrogens is 2. The van der Waals surface area contributed by atoms with Gasteiger partial charge in [0.15, 0.2) is 4.96 Å². The van der Waals surface area contributed by atoms with Crippen LogP contribution in [0.4, 0.5) is 0 Å². The number of nitrogens with zero attached hydrogens (tertiary/aromatic N) is 2. The van der Waals surface area contributed by atoms with Gasteiger partial charge in [-0.15, -0.1) is 0 Å². The van der Waals surface area contributed by atoms with Crippen LogP contribution in [0, 0.1) is 0 Å². The van der Waals surface area contributed by atoms with Crippen molar-refractivity contribution in [1.29, 1.82) is 0 Å². The van der Waals surface area contributed by atoms with Gasteiger partial charge < -0.3 is 4.74 Å². The van der Waals surface area contributed by atoms with Crippen molar-refractivity contribution < 1.29 is 9.53 Å². The molecule has 21 heavy (non-hydrogen) atoms. The van der Waals surface area contributed by atoms with Crippen LogP contribution in [-0.2, 0) is 10.2 Å². The predicted octanol–water partition coefficient (Wildman–Crippen LogP) is 4.02. The highest BCUT2D eigenvalue weighted by Gasteiger charge is 2.19. The first kappa shape index (κ1) is 14.1. The standard InChI is InChI=1S/C16H18N2O2S/c1-5-20-14(19)10-6-7-11-12(8-10)21-15-17-13(9-18(11)15)16(2,3)4/h6-9H,5H2,1-4H3. The van der Waals surface area contributed by atoms with Crippen LogP contribution in [0.1, 0.15) is 43.7 Å². The fourth-order valence-corrected chi connectivity index (χ4v) is 3.25. The van der Waals surface area contributed by atoms with Gasteiger partial charge in [-0.05, 0) is 25.1 Å². The average Bonchev–Trinajstić information content (AvgIpc) is 2.94. The molecule has 0 bridgehead atoms. The molecule has 0 fully saturated rings. The van der Waals surface area contributed by atoms with E-state index in [1.165, 1.54) is 0 Å². The van der Waals surface area contributed by atoms with Gasteiger partial charge in [-0.2, -0.15) is 0 Å².